The molecule has 0 saturated carbocycles. The molecule has 1 aliphatic rings. The first-order valence-corrected chi connectivity index (χ1v) is 12.0. The highest BCUT2D eigenvalue weighted by Gasteiger charge is 2.40. The summed E-state index contributed by atoms with van der Waals surface area (Å²) < 4.78 is 2.22. The molecule has 4 aromatic rings. The van der Waals surface area contributed by atoms with Crippen LogP contribution < -0.4 is 10.6 Å². The van der Waals surface area contributed by atoms with Crippen molar-refractivity contribution < 1.29 is 4.79 Å². The lowest BCUT2D eigenvalue weighted by molar-refractivity contribution is -0.116. The molecule has 0 unspecified atom stereocenters. The van der Waals surface area contributed by atoms with Gasteiger partial charge in [-0.15, -0.1) is 0 Å². The van der Waals surface area contributed by atoms with Crippen molar-refractivity contribution in [1.29, 1.82) is 0 Å². The number of fused-ring (bicyclic) bond motifs is 1. The Bertz CT molecular complexity index is 1310. The molecule has 5 rings (SSSR count). The van der Waals surface area contributed by atoms with Crippen LogP contribution in [0.5, 0.6) is 0 Å². The summed E-state index contributed by atoms with van der Waals surface area (Å²) >= 11 is 5.74. The lowest BCUT2D eigenvalue weighted by Gasteiger charge is -2.28. The molecule has 0 bridgehead atoms. The first-order valence-electron chi connectivity index (χ1n) is 11.6. The Balaban J connectivity index is 1.37. The van der Waals surface area contributed by atoms with Crippen LogP contribution in [0.2, 0.25) is 0 Å². The number of pyridine rings is 1. The van der Waals surface area contributed by atoms with Crippen LogP contribution in [0, 0.1) is 0 Å². The zero-order valence-corrected chi connectivity index (χ0v) is 19.8. The summed E-state index contributed by atoms with van der Waals surface area (Å²) in [4.78, 5) is 19.7. The molecule has 2 aromatic carbocycles. The molecule has 2 atom stereocenters. The van der Waals surface area contributed by atoms with Gasteiger partial charge >= 0.3 is 0 Å². The van der Waals surface area contributed by atoms with Crippen molar-refractivity contribution in [2.24, 2.45) is 0 Å². The Morgan fingerprint density at radius 1 is 1.06 bits per heavy atom. The van der Waals surface area contributed by atoms with Gasteiger partial charge in [-0.2, -0.15) is 0 Å². The first-order chi connectivity index (χ1) is 16.7. The smallest absolute Gasteiger partial charge is 0.226 e. The van der Waals surface area contributed by atoms with Crippen LogP contribution in [0.4, 0.5) is 5.69 Å². The quantitative estimate of drug-likeness (QED) is 0.371. The Labute approximate surface area is 204 Å². The Kier molecular flexibility index (Phi) is 6.27. The molecule has 0 aliphatic carbocycles. The lowest BCUT2D eigenvalue weighted by atomic mass is 10.0. The van der Waals surface area contributed by atoms with Crippen LogP contribution in [0.15, 0.2) is 85.2 Å². The maximum Gasteiger partial charge on any atom is 0.226 e. The molecular formula is C27H27N5OS. The summed E-state index contributed by atoms with van der Waals surface area (Å²) in [7, 11) is 0. The summed E-state index contributed by atoms with van der Waals surface area (Å²) in [6.07, 6.45) is 4.21. The second kappa shape index (κ2) is 9.65. The molecule has 0 spiro atoms. The van der Waals surface area contributed by atoms with Gasteiger partial charge in [0.2, 0.25) is 5.91 Å². The van der Waals surface area contributed by atoms with E-state index in [0.717, 1.165) is 34.4 Å². The average Bonchev–Trinajstić information content (AvgIpc) is 3.47. The molecule has 6 nitrogen and oxygen atoms in total. The maximum atomic E-state index is 13.0. The molecular weight excluding hydrogens is 442 g/mol. The van der Waals surface area contributed by atoms with Crippen molar-refractivity contribution in [2.75, 3.05) is 11.9 Å². The average molecular weight is 470 g/mol. The second-order valence-electron chi connectivity index (χ2n) is 8.36. The van der Waals surface area contributed by atoms with Crippen molar-refractivity contribution in [1.82, 2.24) is 19.8 Å². The van der Waals surface area contributed by atoms with Crippen LogP contribution in [-0.2, 0) is 11.3 Å². The fourth-order valence-electron chi connectivity index (χ4n) is 4.72. The number of thiocarbonyl (C=S) groups is 1. The molecule has 3 heterocycles. The van der Waals surface area contributed by atoms with Gasteiger partial charge in [0.25, 0.3) is 0 Å². The number of benzene rings is 2. The van der Waals surface area contributed by atoms with Crippen LogP contribution >= 0.6 is 12.2 Å². The summed E-state index contributed by atoms with van der Waals surface area (Å²) in [6, 6.07) is 24.0. The third-order valence-electron chi connectivity index (χ3n) is 6.35. The fraction of sp³-hybridized carbons (Fsp3) is 0.222. The minimum Gasteiger partial charge on any atom is -0.352 e. The zero-order valence-electron chi connectivity index (χ0n) is 19.0. The maximum absolute atomic E-state index is 13.0. The first kappa shape index (κ1) is 22.1. The van der Waals surface area contributed by atoms with E-state index in [0.29, 0.717) is 18.1 Å². The standard InChI is InChI=1S/C27H27N5OS/c1-2-31-17-8-14-23(31)26-25(22-12-5-6-16-28-22)30-27(34)32(26)18-15-24(33)29-21-13-7-10-19-9-3-4-11-20(19)21/h3-14,16-17,25-26H,2,15,18H2,1H3,(H,29,33)(H,30,34)/t25-,26-/m0/s1. The van der Waals surface area contributed by atoms with Crippen molar-refractivity contribution >= 4 is 39.7 Å². The third-order valence-corrected chi connectivity index (χ3v) is 6.70. The topological polar surface area (TPSA) is 62.2 Å². The van der Waals surface area contributed by atoms with Gasteiger partial charge in [0.15, 0.2) is 5.11 Å². The van der Waals surface area contributed by atoms with Gasteiger partial charge in [0, 0.05) is 48.7 Å². The van der Waals surface area contributed by atoms with E-state index in [9.17, 15) is 4.79 Å². The third kappa shape index (κ3) is 4.26. The Morgan fingerprint density at radius 3 is 2.71 bits per heavy atom. The van der Waals surface area contributed by atoms with Crippen LogP contribution in [-0.4, -0.2) is 32.0 Å². The summed E-state index contributed by atoms with van der Waals surface area (Å²) in [5.41, 5.74) is 2.91. The fourth-order valence-corrected chi connectivity index (χ4v) is 5.05. The minimum atomic E-state index is -0.0879. The van der Waals surface area contributed by atoms with E-state index < -0.39 is 0 Å². The molecule has 1 fully saturated rings. The highest BCUT2D eigenvalue weighted by Crippen LogP contribution is 2.38. The van der Waals surface area contributed by atoms with Crippen molar-refractivity contribution in [3.05, 3.63) is 96.6 Å². The van der Waals surface area contributed by atoms with Crippen molar-refractivity contribution in [3.8, 4) is 0 Å². The second-order valence-corrected chi connectivity index (χ2v) is 8.75. The highest BCUT2D eigenvalue weighted by atomic mass is 32.1. The highest BCUT2D eigenvalue weighted by molar-refractivity contribution is 7.80. The van der Waals surface area contributed by atoms with Gasteiger partial charge in [-0.25, -0.2) is 0 Å². The monoisotopic (exact) mass is 469 g/mol. The number of carbonyl (C=O) groups excluding carboxylic acids is 1. The molecule has 1 saturated heterocycles. The molecule has 2 N–H and O–H groups in total. The number of carbonyl (C=O) groups is 1. The number of nitrogens with zero attached hydrogens (tertiary/aromatic N) is 3. The molecule has 2 aromatic heterocycles. The Morgan fingerprint density at radius 2 is 1.88 bits per heavy atom. The van der Waals surface area contributed by atoms with Crippen LogP contribution in [0.1, 0.15) is 36.8 Å². The van der Waals surface area contributed by atoms with E-state index in [1.54, 1.807) is 6.20 Å². The predicted molar refractivity (Wildman–Crippen MR) is 139 cm³/mol. The number of hydrogen-bond donors (Lipinski definition) is 2. The number of anilines is 1. The molecule has 1 aliphatic heterocycles. The van der Waals surface area contributed by atoms with Crippen LogP contribution in [0.3, 0.4) is 0 Å². The van der Waals surface area contributed by atoms with E-state index in [2.05, 4.69) is 50.3 Å². The van der Waals surface area contributed by atoms with Crippen molar-refractivity contribution in [2.45, 2.75) is 32.0 Å². The Hall–Kier alpha value is -3.71. The van der Waals surface area contributed by atoms with E-state index in [1.165, 1.54) is 0 Å². The van der Waals surface area contributed by atoms with Gasteiger partial charge < -0.3 is 20.1 Å². The summed E-state index contributed by atoms with van der Waals surface area (Å²) in [5.74, 6) is -0.0370. The number of amides is 1. The molecule has 0 radical (unpaired) electrons. The number of aryl methyl sites for hydroxylation is 1. The summed E-state index contributed by atoms with van der Waals surface area (Å²) in [5, 5.41) is 9.32. The van der Waals surface area contributed by atoms with Gasteiger partial charge in [-0.05, 0) is 54.9 Å². The largest absolute Gasteiger partial charge is 0.352 e. The normalized spacial score (nSPS) is 17.7. The van der Waals surface area contributed by atoms with Crippen LogP contribution in [0.25, 0.3) is 10.8 Å². The van der Waals surface area contributed by atoms with E-state index in [1.807, 2.05) is 60.7 Å². The number of aromatic nitrogens is 2. The van der Waals surface area contributed by atoms with Gasteiger partial charge in [0.1, 0.15) is 0 Å². The van der Waals surface area contributed by atoms with Gasteiger partial charge in [-0.3, -0.25) is 9.78 Å². The van der Waals surface area contributed by atoms with Crippen molar-refractivity contribution in [3.63, 3.8) is 0 Å². The molecule has 34 heavy (non-hydrogen) atoms. The zero-order chi connectivity index (χ0) is 23.5. The number of rotatable bonds is 7. The van der Waals surface area contributed by atoms with Gasteiger partial charge in [-0.1, -0.05) is 42.5 Å². The van der Waals surface area contributed by atoms with E-state index in [-0.39, 0.29) is 18.0 Å². The SMILES string of the molecule is CCn1cccc1[C@H]1[C@H](c2ccccn2)NC(=S)N1CCC(=O)Nc1cccc2ccccc12. The molecule has 172 valence electrons. The van der Waals surface area contributed by atoms with E-state index in [4.69, 9.17) is 12.2 Å². The van der Waals surface area contributed by atoms with E-state index >= 15 is 0 Å². The lowest BCUT2D eigenvalue weighted by Crippen LogP contribution is -2.33. The number of hydrogen-bond acceptors (Lipinski definition) is 3. The summed E-state index contributed by atoms with van der Waals surface area (Å²) in [6.45, 7) is 3.49. The molecule has 1 amide bonds. The number of nitrogens with one attached hydrogen (secondary N) is 2. The minimum absolute atomic E-state index is 0.0370. The van der Waals surface area contributed by atoms with Gasteiger partial charge in [0.05, 0.1) is 17.8 Å². The predicted octanol–water partition coefficient (Wildman–Crippen LogP) is 5.06. The molecule has 7 heteroatoms.